The number of para-hydroxylation sites is 3. The first-order valence-corrected chi connectivity index (χ1v) is 8.58. The molecule has 0 spiro atoms. The number of carbonyl (C=O) groups is 2. The Labute approximate surface area is 147 Å². The average Bonchev–Trinajstić information content (AvgIpc) is 2.90. The molecular weight excluding hydrogens is 316 g/mol. The van der Waals surface area contributed by atoms with Gasteiger partial charge in [0.25, 0.3) is 5.91 Å². The van der Waals surface area contributed by atoms with E-state index < -0.39 is 6.04 Å². The second kappa shape index (κ2) is 7.38. The van der Waals surface area contributed by atoms with Gasteiger partial charge in [-0.15, -0.1) is 0 Å². The molecule has 0 radical (unpaired) electrons. The van der Waals surface area contributed by atoms with Gasteiger partial charge in [-0.05, 0) is 37.1 Å². The summed E-state index contributed by atoms with van der Waals surface area (Å²) in [5, 5.41) is 3.24. The maximum absolute atomic E-state index is 12.9. The Kier molecular flexibility index (Phi) is 5.03. The number of nitrogens with zero attached hydrogens (tertiary/aromatic N) is 1. The molecule has 130 valence electrons. The first kappa shape index (κ1) is 17.0. The molecule has 0 aliphatic carbocycles. The fourth-order valence-electron chi connectivity index (χ4n) is 3.07. The normalized spacial score (nSPS) is 17.0. The lowest BCUT2D eigenvalue weighted by Gasteiger charge is -2.19. The molecule has 5 nitrogen and oxygen atoms in total. The lowest BCUT2D eigenvalue weighted by Crippen LogP contribution is -2.35. The molecule has 5 heteroatoms. The molecule has 2 aromatic carbocycles. The molecule has 1 saturated heterocycles. The van der Waals surface area contributed by atoms with Crippen LogP contribution in [0, 0.1) is 0 Å². The summed E-state index contributed by atoms with van der Waals surface area (Å²) in [5.74, 6) is 0.0769. The van der Waals surface area contributed by atoms with Gasteiger partial charge in [0.1, 0.15) is 11.8 Å². The number of ether oxygens (including phenoxy) is 1. The zero-order chi connectivity index (χ0) is 17.8. The molecule has 2 aromatic rings. The summed E-state index contributed by atoms with van der Waals surface area (Å²) in [5.41, 5.74) is 2.53. The van der Waals surface area contributed by atoms with Crippen LogP contribution in [0.3, 0.4) is 0 Å². The van der Waals surface area contributed by atoms with E-state index in [0.29, 0.717) is 18.0 Å². The molecule has 0 saturated carbocycles. The predicted octanol–water partition coefficient (Wildman–Crippen LogP) is 3.39. The van der Waals surface area contributed by atoms with Gasteiger partial charge in [-0.3, -0.25) is 9.59 Å². The summed E-state index contributed by atoms with van der Waals surface area (Å²) >= 11 is 0. The molecular formula is C20H22N2O3. The van der Waals surface area contributed by atoms with Gasteiger partial charge in [0.2, 0.25) is 5.91 Å². The van der Waals surface area contributed by atoms with Crippen molar-refractivity contribution >= 4 is 23.2 Å². The molecule has 1 atom stereocenters. The monoisotopic (exact) mass is 338 g/mol. The van der Waals surface area contributed by atoms with E-state index in [4.69, 9.17) is 4.74 Å². The number of aryl methyl sites for hydroxylation is 1. The van der Waals surface area contributed by atoms with Crippen molar-refractivity contribution in [2.24, 2.45) is 0 Å². The van der Waals surface area contributed by atoms with E-state index in [0.717, 1.165) is 17.7 Å². The zero-order valence-electron chi connectivity index (χ0n) is 14.5. The van der Waals surface area contributed by atoms with E-state index in [-0.39, 0.29) is 18.2 Å². The third kappa shape index (κ3) is 3.36. The van der Waals surface area contributed by atoms with Crippen LogP contribution in [0.2, 0.25) is 0 Å². The topological polar surface area (TPSA) is 58.6 Å². The molecule has 0 bridgehead atoms. The first-order chi connectivity index (χ1) is 12.2. The van der Waals surface area contributed by atoms with E-state index in [1.54, 1.807) is 18.2 Å². The number of imide groups is 1. The fraction of sp³-hybridized carbons (Fsp3) is 0.300. The van der Waals surface area contributed by atoms with E-state index in [1.807, 2.05) is 37.3 Å². The maximum Gasteiger partial charge on any atom is 0.256 e. The second-order valence-electron chi connectivity index (χ2n) is 5.88. The molecule has 0 aromatic heterocycles. The Morgan fingerprint density at radius 1 is 1.08 bits per heavy atom. The van der Waals surface area contributed by atoms with E-state index in [1.165, 1.54) is 4.90 Å². The van der Waals surface area contributed by atoms with Crippen molar-refractivity contribution in [1.82, 2.24) is 0 Å². The van der Waals surface area contributed by atoms with Gasteiger partial charge in [-0.25, -0.2) is 4.90 Å². The summed E-state index contributed by atoms with van der Waals surface area (Å²) in [6.07, 6.45) is 0.992. The van der Waals surface area contributed by atoms with Crippen molar-refractivity contribution in [2.45, 2.75) is 32.7 Å². The summed E-state index contributed by atoms with van der Waals surface area (Å²) in [7, 11) is 0. The van der Waals surface area contributed by atoms with Crippen molar-refractivity contribution in [3.8, 4) is 5.75 Å². The van der Waals surface area contributed by atoms with Crippen LogP contribution in [0.1, 0.15) is 25.8 Å². The highest BCUT2D eigenvalue weighted by Gasteiger charge is 2.40. The molecule has 1 aliphatic rings. The summed E-state index contributed by atoms with van der Waals surface area (Å²) in [4.78, 5) is 26.6. The lowest BCUT2D eigenvalue weighted by molar-refractivity contribution is -0.121. The van der Waals surface area contributed by atoms with Gasteiger partial charge in [-0.1, -0.05) is 37.3 Å². The third-order valence-electron chi connectivity index (χ3n) is 4.28. The molecule has 1 unspecified atom stereocenters. The summed E-state index contributed by atoms with van der Waals surface area (Å²) in [6.45, 7) is 4.40. The molecule has 1 aliphatic heterocycles. The van der Waals surface area contributed by atoms with Crippen LogP contribution in [0.15, 0.2) is 48.5 Å². The van der Waals surface area contributed by atoms with Crippen molar-refractivity contribution < 1.29 is 14.3 Å². The maximum atomic E-state index is 12.9. The van der Waals surface area contributed by atoms with E-state index in [9.17, 15) is 9.59 Å². The number of hydrogen-bond acceptors (Lipinski definition) is 4. The molecule has 25 heavy (non-hydrogen) atoms. The fourth-order valence-corrected chi connectivity index (χ4v) is 3.07. The number of nitrogens with one attached hydrogen (secondary N) is 1. The van der Waals surface area contributed by atoms with Crippen LogP contribution in [-0.2, 0) is 16.0 Å². The van der Waals surface area contributed by atoms with Gasteiger partial charge in [0, 0.05) is 5.69 Å². The number of anilines is 2. The smallest absolute Gasteiger partial charge is 0.256 e. The second-order valence-corrected chi connectivity index (χ2v) is 5.88. The molecule has 1 heterocycles. The minimum atomic E-state index is -0.560. The predicted molar refractivity (Wildman–Crippen MR) is 98.0 cm³/mol. The van der Waals surface area contributed by atoms with E-state index >= 15 is 0 Å². The molecule has 1 fully saturated rings. The van der Waals surface area contributed by atoms with Crippen molar-refractivity contribution in [3.63, 3.8) is 0 Å². The summed E-state index contributed by atoms with van der Waals surface area (Å²) < 4.78 is 5.57. The summed E-state index contributed by atoms with van der Waals surface area (Å²) in [6, 6.07) is 14.4. The minimum absolute atomic E-state index is 0.136. The van der Waals surface area contributed by atoms with Crippen LogP contribution < -0.4 is 15.0 Å². The van der Waals surface area contributed by atoms with Crippen LogP contribution in [0.25, 0.3) is 0 Å². The van der Waals surface area contributed by atoms with Gasteiger partial charge in [0.05, 0.1) is 18.7 Å². The highest BCUT2D eigenvalue weighted by Crippen LogP contribution is 2.33. The highest BCUT2D eigenvalue weighted by atomic mass is 16.5. The van der Waals surface area contributed by atoms with Crippen molar-refractivity contribution in [1.29, 1.82) is 0 Å². The van der Waals surface area contributed by atoms with Crippen LogP contribution in [0.4, 0.5) is 11.4 Å². The van der Waals surface area contributed by atoms with Gasteiger partial charge in [-0.2, -0.15) is 0 Å². The number of amides is 2. The third-order valence-corrected chi connectivity index (χ3v) is 4.28. The Morgan fingerprint density at radius 3 is 2.56 bits per heavy atom. The Hall–Kier alpha value is -2.82. The first-order valence-electron chi connectivity index (χ1n) is 8.58. The Balaban J connectivity index is 1.86. The van der Waals surface area contributed by atoms with Crippen molar-refractivity contribution in [2.75, 3.05) is 16.8 Å². The van der Waals surface area contributed by atoms with Gasteiger partial charge in [0.15, 0.2) is 0 Å². The van der Waals surface area contributed by atoms with Crippen LogP contribution in [0.5, 0.6) is 5.75 Å². The SMILES string of the molecule is CCOc1ccccc1N1C(=O)CC(Nc2ccccc2CC)C1=O. The van der Waals surface area contributed by atoms with Gasteiger partial charge >= 0.3 is 0 Å². The minimum Gasteiger partial charge on any atom is -0.492 e. The number of hydrogen-bond donors (Lipinski definition) is 1. The molecule has 1 N–H and O–H groups in total. The Morgan fingerprint density at radius 2 is 1.80 bits per heavy atom. The zero-order valence-corrected chi connectivity index (χ0v) is 14.5. The highest BCUT2D eigenvalue weighted by molar-refractivity contribution is 6.23. The van der Waals surface area contributed by atoms with Gasteiger partial charge < -0.3 is 10.1 Å². The number of rotatable bonds is 6. The van der Waals surface area contributed by atoms with Crippen LogP contribution >= 0.6 is 0 Å². The number of carbonyl (C=O) groups excluding carboxylic acids is 2. The van der Waals surface area contributed by atoms with Crippen molar-refractivity contribution in [3.05, 3.63) is 54.1 Å². The quantitative estimate of drug-likeness (QED) is 0.820. The standard InChI is InChI=1S/C20H22N2O3/c1-3-14-9-5-6-10-15(14)21-16-13-19(23)22(20(16)24)17-11-7-8-12-18(17)25-4-2/h5-12,16,21H,3-4,13H2,1-2H3. The lowest BCUT2D eigenvalue weighted by atomic mass is 10.1. The van der Waals surface area contributed by atoms with E-state index in [2.05, 4.69) is 12.2 Å². The molecule has 2 amide bonds. The Bertz CT molecular complexity index is 788. The average molecular weight is 338 g/mol. The molecule has 3 rings (SSSR count). The largest absolute Gasteiger partial charge is 0.492 e. The number of benzene rings is 2. The van der Waals surface area contributed by atoms with Crippen LogP contribution in [-0.4, -0.2) is 24.5 Å².